The number of amides is 1. The highest BCUT2D eigenvalue weighted by Crippen LogP contribution is 2.35. The van der Waals surface area contributed by atoms with Crippen molar-refractivity contribution in [3.63, 3.8) is 0 Å². The number of nitrogens with one attached hydrogen (secondary N) is 1. The summed E-state index contributed by atoms with van der Waals surface area (Å²) >= 11 is 5.92. The van der Waals surface area contributed by atoms with Gasteiger partial charge in [-0.25, -0.2) is 0 Å². The maximum Gasteiger partial charge on any atom is 0.238 e. The fraction of sp³-hybridized carbons (Fsp3) is 0.562. The van der Waals surface area contributed by atoms with Crippen LogP contribution in [0.2, 0.25) is 5.02 Å². The van der Waals surface area contributed by atoms with E-state index in [4.69, 9.17) is 11.6 Å². The first kappa shape index (κ1) is 14.8. The molecule has 2 N–H and O–H groups in total. The van der Waals surface area contributed by atoms with Gasteiger partial charge < -0.3 is 10.4 Å². The van der Waals surface area contributed by atoms with Crippen molar-refractivity contribution in [2.75, 3.05) is 11.9 Å². The molecule has 0 aliphatic carbocycles. The Hall–Kier alpha value is -1.10. The number of hydrogen-bond donors (Lipinski definition) is 2. The van der Waals surface area contributed by atoms with Gasteiger partial charge in [0.2, 0.25) is 5.91 Å². The van der Waals surface area contributed by atoms with E-state index in [2.05, 4.69) is 10.2 Å². The van der Waals surface area contributed by atoms with E-state index in [1.165, 1.54) is 0 Å². The number of rotatable bonds is 3. The molecule has 2 saturated heterocycles. The van der Waals surface area contributed by atoms with Crippen LogP contribution in [0, 0.1) is 6.92 Å². The smallest absolute Gasteiger partial charge is 0.238 e. The second kappa shape index (κ2) is 5.95. The lowest BCUT2D eigenvalue weighted by atomic mass is 10.00. The normalized spacial score (nSPS) is 28.6. The van der Waals surface area contributed by atoms with Crippen molar-refractivity contribution in [2.24, 2.45) is 0 Å². The summed E-state index contributed by atoms with van der Waals surface area (Å²) in [6.07, 6.45) is 3.58. The van der Waals surface area contributed by atoms with Crippen LogP contribution < -0.4 is 5.32 Å². The standard InChI is InChI=1S/C16H21ClN2O2/c1-10-6-11(17)2-5-15(10)18-16(21)9-19-12-3-4-13(19)8-14(20)7-12/h2,5-6,12-14,20H,3-4,7-9H2,1H3,(H,18,21). The number of carbonyl (C=O) groups excluding carboxylic acids is 1. The summed E-state index contributed by atoms with van der Waals surface area (Å²) in [7, 11) is 0. The molecule has 0 radical (unpaired) electrons. The Morgan fingerprint density at radius 2 is 2.05 bits per heavy atom. The third-order valence-electron chi connectivity index (χ3n) is 4.65. The van der Waals surface area contributed by atoms with Gasteiger partial charge in [-0.15, -0.1) is 0 Å². The highest BCUT2D eigenvalue weighted by molar-refractivity contribution is 6.30. The molecule has 0 aromatic heterocycles. The van der Waals surface area contributed by atoms with E-state index >= 15 is 0 Å². The zero-order valence-electron chi connectivity index (χ0n) is 12.2. The molecule has 0 spiro atoms. The maximum absolute atomic E-state index is 12.3. The Bertz CT molecular complexity index is 535. The monoisotopic (exact) mass is 308 g/mol. The van der Waals surface area contributed by atoms with E-state index in [0.717, 1.165) is 36.9 Å². The highest BCUT2D eigenvalue weighted by Gasteiger charge is 2.40. The van der Waals surface area contributed by atoms with Crippen LogP contribution in [0.1, 0.15) is 31.2 Å². The molecule has 2 atom stereocenters. The summed E-state index contributed by atoms with van der Waals surface area (Å²) in [4.78, 5) is 14.5. The van der Waals surface area contributed by atoms with Gasteiger partial charge in [-0.05, 0) is 56.4 Å². The number of nitrogens with zero attached hydrogens (tertiary/aromatic N) is 1. The summed E-state index contributed by atoms with van der Waals surface area (Å²) in [6.45, 7) is 2.34. The van der Waals surface area contributed by atoms with E-state index in [9.17, 15) is 9.90 Å². The molecule has 2 aliphatic heterocycles. The fourth-order valence-corrected chi connectivity index (χ4v) is 3.85. The summed E-state index contributed by atoms with van der Waals surface area (Å²) < 4.78 is 0. The highest BCUT2D eigenvalue weighted by atomic mass is 35.5. The number of benzene rings is 1. The minimum absolute atomic E-state index is 0.00807. The molecule has 1 amide bonds. The Morgan fingerprint density at radius 1 is 1.38 bits per heavy atom. The fourth-order valence-electron chi connectivity index (χ4n) is 3.63. The number of hydrogen-bond acceptors (Lipinski definition) is 3. The van der Waals surface area contributed by atoms with E-state index in [1.807, 2.05) is 19.1 Å². The molecule has 21 heavy (non-hydrogen) atoms. The number of fused-ring (bicyclic) bond motifs is 2. The van der Waals surface area contributed by atoms with Crippen LogP contribution in [0.25, 0.3) is 0 Å². The summed E-state index contributed by atoms with van der Waals surface area (Å²) in [5.74, 6) is 0.00807. The van der Waals surface area contributed by atoms with Crippen LogP contribution >= 0.6 is 11.6 Å². The number of piperidine rings is 1. The predicted octanol–water partition coefficient (Wildman–Crippen LogP) is 2.57. The Morgan fingerprint density at radius 3 is 2.67 bits per heavy atom. The van der Waals surface area contributed by atoms with E-state index < -0.39 is 0 Å². The predicted molar refractivity (Wildman–Crippen MR) is 83.6 cm³/mol. The van der Waals surface area contributed by atoms with Crippen LogP contribution in [-0.2, 0) is 4.79 Å². The van der Waals surface area contributed by atoms with Crippen molar-refractivity contribution < 1.29 is 9.90 Å². The van der Waals surface area contributed by atoms with Gasteiger partial charge >= 0.3 is 0 Å². The van der Waals surface area contributed by atoms with Crippen LogP contribution in [0.5, 0.6) is 0 Å². The lowest BCUT2D eigenvalue weighted by Crippen LogP contribution is -2.47. The van der Waals surface area contributed by atoms with Crippen molar-refractivity contribution in [1.29, 1.82) is 0 Å². The van der Waals surface area contributed by atoms with E-state index in [-0.39, 0.29) is 12.0 Å². The van der Waals surface area contributed by atoms with Gasteiger partial charge in [-0.2, -0.15) is 0 Å². The zero-order valence-corrected chi connectivity index (χ0v) is 12.9. The van der Waals surface area contributed by atoms with Crippen molar-refractivity contribution in [3.8, 4) is 0 Å². The number of aliphatic hydroxyl groups excluding tert-OH is 1. The quantitative estimate of drug-likeness (QED) is 0.902. The summed E-state index contributed by atoms with van der Waals surface area (Å²) in [5, 5.41) is 13.4. The number of anilines is 1. The first-order valence-electron chi connectivity index (χ1n) is 7.53. The SMILES string of the molecule is Cc1cc(Cl)ccc1NC(=O)CN1C2CCC1CC(O)C2. The largest absolute Gasteiger partial charge is 0.393 e. The number of aliphatic hydroxyl groups is 1. The second-order valence-corrected chi connectivity index (χ2v) is 6.63. The first-order chi connectivity index (χ1) is 10.0. The molecule has 2 bridgehead atoms. The molecule has 2 fully saturated rings. The minimum Gasteiger partial charge on any atom is -0.393 e. The van der Waals surface area contributed by atoms with Crippen LogP contribution in [0.15, 0.2) is 18.2 Å². The molecule has 1 aromatic carbocycles. The van der Waals surface area contributed by atoms with Gasteiger partial charge in [-0.3, -0.25) is 9.69 Å². The molecule has 4 nitrogen and oxygen atoms in total. The summed E-state index contributed by atoms with van der Waals surface area (Å²) in [6, 6.07) is 6.18. The molecular formula is C16H21ClN2O2. The third-order valence-corrected chi connectivity index (χ3v) is 4.88. The third kappa shape index (κ3) is 3.23. The number of aryl methyl sites for hydroxylation is 1. The van der Waals surface area contributed by atoms with Crippen molar-refractivity contribution in [2.45, 2.75) is 50.8 Å². The van der Waals surface area contributed by atoms with Gasteiger partial charge in [0.15, 0.2) is 0 Å². The van der Waals surface area contributed by atoms with Gasteiger partial charge in [0, 0.05) is 22.8 Å². The minimum atomic E-state index is -0.194. The lowest BCUT2D eigenvalue weighted by Gasteiger charge is -2.36. The number of carbonyl (C=O) groups is 1. The van der Waals surface area contributed by atoms with Crippen molar-refractivity contribution in [1.82, 2.24) is 4.90 Å². The molecule has 2 aliphatic rings. The average molecular weight is 309 g/mol. The van der Waals surface area contributed by atoms with Crippen molar-refractivity contribution in [3.05, 3.63) is 28.8 Å². The summed E-state index contributed by atoms with van der Waals surface area (Å²) in [5.41, 5.74) is 1.78. The maximum atomic E-state index is 12.3. The molecule has 1 aromatic rings. The lowest BCUT2D eigenvalue weighted by molar-refractivity contribution is -0.119. The topological polar surface area (TPSA) is 52.6 Å². The second-order valence-electron chi connectivity index (χ2n) is 6.19. The molecule has 0 saturated carbocycles. The molecule has 2 heterocycles. The van der Waals surface area contributed by atoms with E-state index in [1.54, 1.807) is 6.07 Å². The molecule has 2 unspecified atom stereocenters. The van der Waals surface area contributed by atoms with E-state index in [0.29, 0.717) is 23.7 Å². The van der Waals surface area contributed by atoms with Crippen LogP contribution in [-0.4, -0.2) is 40.6 Å². The van der Waals surface area contributed by atoms with Gasteiger partial charge in [0.1, 0.15) is 0 Å². The first-order valence-corrected chi connectivity index (χ1v) is 7.90. The zero-order chi connectivity index (χ0) is 15.0. The Balaban J connectivity index is 1.62. The molecule has 114 valence electrons. The molecule has 5 heteroatoms. The molecule has 3 rings (SSSR count). The Kier molecular flexibility index (Phi) is 4.20. The number of halogens is 1. The van der Waals surface area contributed by atoms with Crippen LogP contribution in [0.3, 0.4) is 0 Å². The van der Waals surface area contributed by atoms with Gasteiger partial charge in [-0.1, -0.05) is 11.6 Å². The van der Waals surface area contributed by atoms with Gasteiger partial charge in [0.25, 0.3) is 0 Å². The van der Waals surface area contributed by atoms with Crippen molar-refractivity contribution >= 4 is 23.2 Å². The average Bonchev–Trinajstić information content (AvgIpc) is 2.66. The van der Waals surface area contributed by atoms with Gasteiger partial charge in [0.05, 0.1) is 12.6 Å². The van der Waals surface area contributed by atoms with Crippen LogP contribution in [0.4, 0.5) is 5.69 Å². The Labute approximate surface area is 130 Å². The molecular weight excluding hydrogens is 288 g/mol.